The highest BCUT2D eigenvalue weighted by Crippen LogP contribution is 2.26. The van der Waals surface area contributed by atoms with Crippen LogP contribution in [0.15, 0.2) is 18.6 Å². The van der Waals surface area contributed by atoms with Gasteiger partial charge < -0.3 is 19.3 Å². The molecule has 1 fully saturated rings. The van der Waals surface area contributed by atoms with Gasteiger partial charge in [0.1, 0.15) is 5.52 Å². The number of anilines is 1. The molecule has 1 atom stereocenters. The Morgan fingerprint density at radius 1 is 1.55 bits per heavy atom. The third kappa shape index (κ3) is 2.20. The molecule has 1 unspecified atom stereocenters. The number of hydrogen-bond acceptors (Lipinski definition) is 5. The number of nitrogens with zero attached hydrogens (tertiary/aromatic N) is 4. The predicted octanol–water partition coefficient (Wildman–Crippen LogP) is 0.648. The summed E-state index contributed by atoms with van der Waals surface area (Å²) >= 11 is 0. The lowest BCUT2D eigenvalue weighted by Crippen LogP contribution is -2.47. The van der Waals surface area contributed by atoms with Gasteiger partial charge in [-0.2, -0.15) is 0 Å². The van der Waals surface area contributed by atoms with Crippen LogP contribution in [0.25, 0.3) is 11.0 Å². The molecule has 0 radical (unpaired) electrons. The monoisotopic (exact) mass is 276 g/mol. The highest BCUT2D eigenvalue weighted by Gasteiger charge is 2.28. The van der Waals surface area contributed by atoms with E-state index in [1.54, 1.807) is 12.5 Å². The average Bonchev–Trinajstić information content (AvgIpc) is 2.81. The van der Waals surface area contributed by atoms with Crippen LogP contribution in [0.2, 0.25) is 0 Å². The topological polar surface area (TPSA) is 80.5 Å². The lowest BCUT2D eigenvalue weighted by Gasteiger charge is -2.35. The molecular weight excluding hydrogens is 260 g/mol. The highest BCUT2D eigenvalue weighted by molar-refractivity contribution is 5.86. The van der Waals surface area contributed by atoms with E-state index in [2.05, 4.69) is 9.97 Å². The zero-order chi connectivity index (χ0) is 14.1. The Morgan fingerprint density at radius 2 is 2.40 bits per heavy atom. The molecular formula is C13H16N4O3. The van der Waals surface area contributed by atoms with Gasteiger partial charge in [-0.15, -0.1) is 0 Å². The summed E-state index contributed by atoms with van der Waals surface area (Å²) in [5.41, 5.74) is 1.78. The summed E-state index contributed by atoms with van der Waals surface area (Å²) in [4.78, 5) is 21.8. The standard InChI is InChI=1S/C13H16N4O3/c1-16-8-15-12-10(16)2-3-14-13(12)17-4-5-20-7-9(17)6-11(18)19/h2-3,8-9H,4-7H2,1H3,(H,18,19). The number of aryl methyl sites for hydroxylation is 1. The van der Waals surface area contributed by atoms with Crippen LogP contribution in [-0.2, 0) is 16.6 Å². The van der Waals surface area contributed by atoms with Gasteiger partial charge in [-0.3, -0.25) is 4.79 Å². The molecule has 3 rings (SSSR count). The number of pyridine rings is 1. The fourth-order valence-corrected chi connectivity index (χ4v) is 2.56. The van der Waals surface area contributed by atoms with E-state index in [1.165, 1.54) is 0 Å². The van der Waals surface area contributed by atoms with Crippen molar-refractivity contribution in [1.82, 2.24) is 14.5 Å². The molecule has 2 aromatic rings. The normalized spacial score (nSPS) is 19.4. The van der Waals surface area contributed by atoms with Crippen molar-refractivity contribution in [2.45, 2.75) is 12.5 Å². The number of hydrogen-bond donors (Lipinski definition) is 1. The molecule has 0 saturated carbocycles. The fraction of sp³-hybridized carbons (Fsp3) is 0.462. The average molecular weight is 276 g/mol. The summed E-state index contributed by atoms with van der Waals surface area (Å²) in [6, 6.07) is 1.69. The van der Waals surface area contributed by atoms with Crippen molar-refractivity contribution in [3.05, 3.63) is 18.6 Å². The third-order valence-corrected chi connectivity index (χ3v) is 3.53. The quantitative estimate of drug-likeness (QED) is 0.886. The Hall–Kier alpha value is -2.15. The first-order valence-electron chi connectivity index (χ1n) is 6.49. The maximum absolute atomic E-state index is 11.0. The van der Waals surface area contributed by atoms with E-state index in [1.807, 2.05) is 22.6 Å². The van der Waals surface area contributed by atoms with Crippen molar-refractivity contribution < 1.29 is 14.6 Å². The van der Waals surface area contributed by atoms with E-state index in [9.17, 15) is 4.79 Å². The van der Waals surface area contributed by atoms with E-state index in [-0.39, 0.29) is 12.5 Å². The number of aromatic nitrogens is 3. The second-order valence-electron chi connectivity index (χ2n) is 4.88. The molecule has 0 spiro atoms. The van der Waals surface area contributed by atoms with Crippen LogP contribution < -0.4 is 4.90 Å². The molecule has 2 aromatic heterocycles. The van der Waals surface area contributed by atoms with Gasteiger partial charge in [-0.05, 0) is 6.07 Å². The molecule has 0 amide bonds. The van der Waals surface area contributed by atoms with Crippen LogP contribution in [0.1, 0.15) is 6.42 Å². The first-order chi connectivity index (χ1) is 9.66. The van der Waals surface area contributed by atoms with E-state index in [0.29, 0.717) is 19.8 Å². The lowest BCUT2D eigenvalue weighted by molar-refractivity contribution is -0.138. The summed E-state index contributed by atoms with van der Waals surface area (Å²) in [5.74, 6) is -0.101. The van der Waals surface area contributed by atoms with Crippen LogP contribution >= 0.6 is 0 Å². The number of imidazole rings is 1. The fourth-order valence-electron chi connectivity index (χ4n) is 2.56. The smallest absolute Gasteiger partial charge is 0.305 e. The Morgan fingerprint density at radius 3 is 3.20 bits per heavy atom. The second kappa shape index (κ2) is 5.09. The van der Waals surface area contributed by atoms with Gasteiger partial charge in [0.05, 0.1) is 37.5 Å². The zero-order valence-electron chi connectivity index (χ0n) is 11.2. The highest BCUT2D eigenvalue weighted by atomic mass is 16.5. The number of carbonyl (C=O) groups is 1. The van der Waals surface area contributed by atoms with Crippen molar-refractivity contribution in [1.29, 1.82) is 0 Å². The number of rotatable bonds is 3. The second-order valence-corrected chi connectivity index (χ2v) is 4.88. The van der Waals surface area contributed by atoms with Gasteiger partial charge in [0.2, 0.25) is 0 Å². The predicted molar refractivity (Wildman–Crippen MR) is 72.7 cm³/mol. The molecule has 1 saturated heterocycles. The van der Waals surface area contributed by atoms with Crippen molar-refractivity contribution >= 4 is 22.8 Å². The Kier molecular flexibility index (Phi) is 3.27. The number of carboxylic acid groups (broad SMARTS) is 1. The largest absolute Gasteiger partial charge is 0.481 e. The van der Waals surface area contributed by atoms with E-state index in [0.717, 1.165) is 16.9 Å². The van der Waals surface area contributed by atoms with E-state index >= 15 is 0 Å². The number of ether oxygens (including phenoxy) is 1. The van der Waals surface area contributed by atoms with Gasteiger partial charge in [0, 0.05) is 19.8 Å². The van der Waals surface area contributed by atoms with Gasteiger partial charge in [-0.1, -0.05) is 0 Å². The number of fused-ring (bicyclic) bond motifs is 1. The summed E-state index contributed by atoms with van der Waals surface area (Å²) in [5, 5.41) is 9.03. The minimum Gasteiger partial charge on any atom is -0.481 e. The molecule has 7 nitrogen and oxygen atoms in total. The molecule has 106 valence electrons. The SMILES string of the molecule is Cn1cnc2c(N3CCOCC3CC(=O)O)nccc21. The first-order valence-corrected chi connectivity index (χ1v) is 6.49. The van der Waals surface area contributed by atoms with Crippen molar-refractivity contribution in [2.75, 3.05) is 24.7 Å². The van der Waals surface area contributed by atoms with Crippen molar-refractivity contribution in [3.8, 4) is 0 Å². The molecule has 3 heterocycles. The summed E-state index contributed by atoms with van der Waals surface area (Å²) in [6.45, 7) is 1.60. The summed E-state index contributed by atoms with van der Waals surface area (Å²) in [7, 11) is 1.92. The van der Waals surface area contributed by atoms with Crippen molar-refractivity contribution in [3.63, 3.8) is 0 Å². The number of carboxylic acids is 1. The summed E-state index contributed by atoms with van der Waals surface area (Å²) < 4.78 is 7.32. The van der Waals surface area contributed by atoms with Crippen molar-refractivity contribution in [2.24, 2.45) is 7.05 Å². The van der Waals surface area contributed by atoms with E-state index in [4.69, 9.17) is 9.84 Å². The Balaban J connectivity index is 2.01. The summed E-state index contributed by atoms with van der Waals surface area (Å²) in [6.07, 6.45) is 3.50. The van der Waals surface area contributed by atoms with Crippen LogP contribution in [0.3, 0.4) is 0 Å². The minimum absolute atomic E-state index is 0.0326. The lowest BCUT2D eigenvalue weighted by atomic mass is 10.1. The van der Waals surface area contributed by atoms with Crippen LogP contribution in [-0.4, -0.2) is 51.4 Å². The Labute approximate surface area is 115 Å². The van der Waals surface area contributed by atoms with Gasteiger partial charge >= 0.3 is 5.97 Å². The minimum atomic E-state index is -0.835. The zero-order valence-corrected chi connectivity index (χ0v) is 11.2. The molecule has 20 heavy (non-hydrogen) atoms. The maximum atomic E-state index is 11.0. The number of morpholine rings is 1. The molecule has 0 aliphatic carbocycles. The Bertz CT molecular complexity index is 640. The molecule has 1 aliphatic rings. The van der Waals surface area contributed by atoms with Gasteiger partial charge in [-0.25, -0.2) is 9.97 Å². The first kappa shape index (κ1) is 12.9. The molecule has 0 aromatic carbocycles. The van der Waals surface area contributed by atoms with Gasteiger partial charge in [0.25, 0.3) is 0 Å². The third-order valence-electron chi connectivity index (χ3n) is 3.53. The van der Waals surface area contributed by atoms with E-state index < -0.39 is 5.97 Å². The van der Waals surface area contributed by atoms with Gasteiger partial charge in [0.15, 0.2) is 5.82 Å². The molecule has 0 bridgehead atoms. The maximum Gasteiger partial charge on any atom is 0.305 e. The number of aliphatic carboxylic acids is 1. The molecule has 7 heteroatoms. The van der Waals surface area contributed by atoms with Crippen LogP contribution in [0.5, 0.6) is 0 Å². The van der Waals surface area contributed by atoms with Crippen LogP contribution in [0, 0.1) is 0 Å². The molecule has 1 aliphatic heterocycles. The van der Waals surface area contributed by atoms with Crippen LogP contribution in [0.4, 0.5) is 5.82 Å². The molecule has 1 N–H and O–H groups in total.